The lowest BCUT2D eigenvalue weighted by Crippen LogP contribution is -2.05. The zero-order valence-electron chi connectivity index (χ0n) is 9.48. The summed E-state index contributed by atoms with van der Waals surface area (Å²) >= 11 is 0. The van der Waals surface area contributed by atoms with Gasteiger partial charge in [0, 0.05) is 12.1 Å². The van der Waals surface area contributed by atoms with Gasteiger partial charge in [-0.2, -0.15) is 4.74 Å². The van der Waals surface area contributed by atoms with Gasteiger partial charge < -0.3 is 10.3 Å². The van der Waals surface area contributed by atoms with Crippen LogP contribution < -0.4 is 0 Å². The third-order valence-corrected chi connectivity index (χ3v) is 2.46. The van der Waals surface area contributed by atoms with Crippen molar-refractivity contribution in [3.05, 3.63) is 70.9 Å². The first kappa shape index (κ1) is 11.9. The maximum atomic E-state index is 11.9. The minimum absolute atomic E-state index is 0.106. The van der Waals surface area contributed by atoms with Crippen LogP contribution in [0.5, 0.6) is 0 Å². The molecule has 0 atom stereocenters. The van der Waals surface area contributed by atoms with Crippen LogP contribution in [0.3, 0.4) is 0 Å². The smallest absolute Gasteiger partial charge is 0.336 e. The van der Waals surface area contributed by atoms with E-state index in [-0.39, 0.29) is 5.56 Å². The number of hydrogen-bond donors (Lipinski definition) is 1. The molecular weight excluding hydrogens is 230 g/mol. The Labute approximate surface area is 104 Å². The maximum Gasteiger partial charge on any atom is 0.336 e. The van der Waals surface area contributed by atoms with Gasteiger partial charge in [0.2, 0.25) is 5.69 Å². The fourth-order valence-electron chi connectivity index (χ4n) is 1.58. The minimum atomic E-state index is -1.05. The minimum Gasteiger partial charge on any atom is -0.618 e. The molecule has 0 aliphatic heterocycles. The molecule has 2 rings (SSSR count). The van der Waals surface area contributed by atoms with Crippen molar-refractivity contribution in [2.24, 2.45) is 0 Å². The van der Waals surface area contributed by atoms with Crippen LogP contribution in [0.4, 0.5) is 5.69 Å². The molecule has 0 bridgehead atoms. The lowest BCUT2D eigenvalue weighted by molar-refractivity contribution is -0.354. The van der Waals surface area contributed by atoms with Gasteiger partial charge in [0.05, 0.1) is 11.1 Å². The van der Waals surface area contributed by atoms with Crippen LogP contribution in [0.2, 0.25) is 0 Å². The molecule has 0 amide bonds. The molecule has 2 aromatic carbocycles. The van der Waals surface area contributed by atoms with Gasteiger partial charge >= 0.3 is 5.97 Å². The third kappa shape index (κ3) is 2.55. The van der Waals surface area contributed by atoms with Crippen molar-refractivity contribution >= 4 is 17.9 Å². The number of aromatic carboxylic acids is 1. The van der Waals surface area contributed by atoms with E-state index in [1.165, 1.54) is 12.3 Å². The van der Waals surface area contributed by atoms with Gasteiger partial charge in [-0.3, -0.25) is 0 Å². The summed E-state index contributed by atoms with van der Waals surface area (Å²) in [5.74, 6) is -1.05. The monoisotopic (exact) mass is 241 g/mol. The Morgan fingerprint density at radius 1 is 1.06 bits per heavy atom. The summed E-state index contributed by atoms with van der Waals surface area (Å²) in [5.41, 5.74) is 0.941. The predicted molar refractivity (Wildman–Crippen MR) is 68.3 cm³/mol. The van der Waals surface area contributed by atoms with E-state index < -0.39 is 5.97 Å². The van der Waals surface area contributed by atoms with Gasteiger partial charge in [-0.15, -0.1) is 0 Å². The number of nitrogens with zero attached hydrogens (tertiary/aromatic N) is 1. The van der Waals surface area contributed by atoms with Crippen LogP contribution in [0.15, 0.2) is 54.6 Å². The molecule has 0 spiro atoms. The van der Waals surface area contributed by atoms with Crippen LogP contribution in [0.1, 0.15) is 15.9 Å². The quantitative estimate of drug-likeness (QED) is 0.389. The zero-order valence-corrected chi connectivity index (χ0v) is 9.48. The Hall–Kier alpha value is -2.62. The highest BCUT2D eigenvalue weighted by Gasteiger charge is 2.10. The van der Waals surface area contributed by atoms with E-state index in [2.05, 4.69) is 0 Å². The first-order valence-electron chi connectivity index (χ1n) is 5.37. The molecule has 0 aromatic heterocycles. The van der Waals surface area contributed by atoms with E-state index >= 15 is 0 Å². The number of carboxylic acid groups (broad SMARTS) is 1. The van der Waals surface area contributed by atoms with Crippen LogP contribution >= 0.6 is 0 Å². The average molecular weight is 241 g/mol. The Morgan fingerprint density at radius 2 is 1.67 bits per heavy atom. The Kier molecular flexibility index (Phi) is 3.38. The van der Waals surface area contributed by atoms with E-state index in [0.29, 0.717) is 16.0 Å². The molecule has 1 N–H and O–H groups in total. The maximum absolute atomic E-state index is 11.9. The topological polar surface area (TPSA) is 63.4 Å². The van der Waals surface area contributed by atoms with Gasteiger partial charge in [0.15, 0.2) is 6.21 Å². The number of rotatable bonds is 3. The largest absolute Gasteiger partial charge is 0.618 e. The molecule has 0 radical (unpaired) electrons. The molecule has 4 heteroatoms. The van der Waals surface area contributed by atoms with Crippen LogP contribution in [-0.4, -0.2) is 22.0 Å². The highest BCUT2D eigenvalue weighted by atomic mass is 16.5. The molecule has 0 fully saturated rings. The van der Waals surface area contributed by atoms with Crippen molar-refractivity contribution in [2.75, 3.05) is 0 Å². The summed E-state index contributed by atoms with van der Waals surface area (Å²) in [6.07, 6.45) is 1.26. The van der Waals surface area contributed by atoms with Gasteiger partial charge in [-0.25, -0.2) is 4.79 Å². The lowest BCUT2D eigenvalue weighted by atomic mass is 10.1. The van der Waals surface area contributed by atoms with Crippen molar-refractivity contribution in [3.63, 3.8) is 0 Å². The number of carboxylic acids is 1. The summed E-state index contributed by atoms with van der Waals surface area (Å²) in [5, 5.41) is 20.9. The van der Waals surface area contributed by atoms with Crippen molar-refractivity contribution in [2.45, 2.75) is 0 Å². The predicted octanol–water partition coefficient (Wildman–Crippen LogP) is 2.65. The molecule has 4 nitrogen and oxygen atoms in total. The van der Waals surface area contributed by atoms with Gasteiger partial charge in [-0.05, 0) is 12.1 Å². The summed E-state index contributed by atoms with van der Waals surface area (Å²) in [7, 11) is 0. The summed E-state index contributed by atoms with van der Waals surface area (Å²) in [6, 6.07) is 15.0. The van der Waals surface area contributed by atoms with Crippen molar-refractivity contribution in [1.29, 1.82) is 0 Å². The number of carbonyl (C=O) groups is 1. The Bertz CT molecular complexity index is 591. The first-order chi connectivity index (χ1) is 8.68. The molecule has 18 heavy (non-hydrogen) atoms. The fourth-order valence-corrected chi connectivity index (χ4v) is 1.58. The molecule has 0 heterocycles. The molecule has 0 saturated carbocycles. The van der Waals surface area contributed by atoms with Crippen molar-refractivity contribution in [3.8, 4) is 0 Å². The molecule has 90 valence electrons. The number of benzene rings is 2. The van der Waals surface area contributed by atoms with Crippen LogP contribution in [-0.2, 0) is 0 Å². The standard InChI is InChI=1S/C14H11NO3/c16-14(17)13-9-5-4-6-11(13)10-15(18)12-7-2-1-3-8-12/h1-10H,(H,16,17). The van der Waals surface area contributed by atoms with E-state index in [9.17, 15) is 10.0 Å². The highest BCUT2D eigenvalue weighted by molar-refractivity contribution is 5.97. The van der Waals surface area contributed by atoms with Crippen molar-refractivity contribution in [1.82, 2.24) is 0 Å². The first-order valence-corrected chi connectivity index (χ1v) is 5.37. The van der Waals surface area contributed by atoms with E-state index in [1.54, 1.807) is 42.5 Å². The molecule has 0 saturated heterocycles. The molecular formula is C14H11NO3. The molecule has 0 aliphatic carbocycles. The van der Waals surface area contributed by atoms with Crippen LogP contribution in [0, 0.1) is 5.21 Å². The second kappa shape index (κ2) is 5.14. The molecule has 2 aromatic rings. The number of hydrogen-bond acceptors (Lipinski definition) is 2. The van der Waals surface area contributed by atoms with E-state index in [4.69, 9.17) is 5.11 Å². The summed E-state index contributed by atoms with van der Waals surface area (Å²) in [4.78, 5) is 11.0. The van der Waals surface area contributed by atoms with E-state index in [0.717, 1.165) is 0 Å². The third-order valence-electron chi connectivity index (χ3n) is 2.46. The zero-order chi connectivity index (χ0) is 13.0. The second-order valence-corrected chi connectivity index (χ2v) is 3.68. The number of para-hydroxylation sites is 1. The molecule has 0 aliphatic rings. The summed E-state index contributed by atoms with van der Waals surface area (Å²) < 4.78 is 0.655. The molecule has 0 unspecified atom stereocenters. The van der Waals surface area contributed by atoms with Crippen molar-refractivity contribution < 1.29 is 14.6 Å². The normalized spacial score (nSPS) is 11.2. The summed E-state index contributed by atoms with van der Waals surface area (Å²) in [6.45, 7) is 0. The Balaban J connectivity index is 2.42. The van der Waals surface area contributed by atoms with Crippen LogP contribution in [0.25, 0.3) is 0 Å². The average Bonchev–Trinajstić information content (AvgIpc) is 2.40. The van der Waals surface area contributed by atoms with Gasteiger partial charge in [-0.1, -0.05) is 30.3 Å². The van der Waals surface area contributed by atoms with Gasteiger partial charge in [0.1, 0.15) is 0 Å². The Morgan fingerprint density at radius 3 is 2.33 bits per heavy atom. The SMILES string of the molecule is O=C(O)c1ccccc1C=[N+]([O-])c1ccccc1. The fraction of sp³-hybridized carbons (Fsp3) is 0. The van der Waals surface area contributed by atoms with Gasteiger partial charge in [0.25, 0.3) is 0 Å². The second-order valence-electron chi connectivity index (χ2n) is 3.68. The highest BCUT2D eigenvalue weighted by Crippen LogP contribution is 2.11. The lowest BCUT2D eigenvalue weighted by Gasteiger charge is -2.04. The van der Waals surface area contributed by atoms with E-state index in [1.807, 2.05) is 6.07 Å².